The third kappa shape index (κ3) is 6.11. The maximum absolute atomic E-state index is 13.8. The van der Waals surface area contributed by atoms with Crippen LogP contribution in [0.3, 0.4) is 0 Å². The summed E-state index contributed by atoms with van der Waals surface area (Å²) in [6, 6.07) is 26.2. The number of aliphatic hydroxyl groups is 1. The Morgan fingerprint density at radius 2 is 1.87 bits per heavy atom. The average molecular weight is 664 g/mol. The molecule has 1 saturated heterocycles. The minimum absolute atomic E-state index is 0.00668. The summed E-state index contributed by atoms with van der Waals surface area (Å²) in [4.78, 5) is 29.0. The summed E-state index contributed by atoms with van der Waals surface area (Å²) >= 11 is 2.77. The van der Waals surface area contributed by atoms with Crippen molar-refractivity contribution in [2.45, 2.75) is 55.3 Å². The van der Waals surface area contributed by atoms with E-state index >= 15 is 0 Å². The zero-order chi connectivity index (χ0) is 32.5. The Kier molecular flexibility index (Phi) is 8.70. The summed E-state index contributed by atoms with van der Waals surface area (Å²) in [6.07, 6.45) is 2.60. The minimum atomic E-state index is -0.933. The number of anilines is 1. The summed E-state index contributed by atoms with van der Waals surface area (Å²) in [5, 5.41) is 23.1. The van der Waals surface area contributed by atoms with Gasteiger partial charge < -0.3 is 14.6 Å². The molecule has 1 amide bonds. The van der Waals surface area contributed by atoms with E-state index in [0.717, 1.165) is 29.5 Å². The number of fused-ring (bicyclic) bond motifs is 2. The van der Waals surface area contributed by atoms with Crippen LogP contribution in [-0.2, 0) is 21.8 Å². The van der Waals surface area contributed by atoms with Gasteiger partial charge in [-0.2, -0.15) is 0 Å². The van der Waals surface area contributed by atoms with Gasteiger partial charge in [0.2, 0.25) is 5.13 Å². The van der Waals surface area contributed by atoms with E-state index < -0.39 is 17.7 Å². The fourth-order valence-corrected chi connectivity index (χ4v) is 7.97. The number of aliphatic hydroxyl groups excluding tert-OH is 1. The molecule has 238 valence electrons. The van der Waals surface area contributed by atoms with Crippen molar-refractivity contribution in [3.63, 3.8) is 0 Å². The van der Waals surface area contributed by atoms with E-state index in [1.165, 1.54) is 38.9 Å². The molecule has 5 aromatic rings. The van der Waals surface area contributed by atoms with E-state index in [1.807, 2.05) is 55.5 Å². The van der Waals surface area contributed by atoms with Crippen molar-refractivity contribution in [1.82, 2.24) is 10.2 Å². The maximum atomic E-state index is 13.8. The first-order valence-corrected chi connectivity index (χ1v) is 17.5. The average Bonchev–Trinajstić information content (AvgIpc) is 3.78. The van der Waals surface area contributed by atoms with Crippen LogP contribution in [0.5, 0.6) is 11.5 Å². The number of ketones is 1. The zero-order valence-corrected chi connectivity index (χ0v) is 27.6. The van der Waals surface area contributed by atoms with Crippen molar-refractivity contribution < 1.29 is 24.2 Å². The van der Waals surface area contributed by atoms with Crippen molar-refractivity contribution >= 4 is 56.5 Å². The minimum Gasteiger partial charge on any atom is -0.507 e. The first kappa shape index (κ1) is 31.0. The molecule has 47 heavy (non-hydrogen) atoms. The van der Waals surface area contributed by atoms with E-state index in [0.29, 0.717) is 40.0 Å². The quantitative estimate of drug-likeness (QED) is 0.0399. The lowest BCUT2D eigenvalue weighted by Gasteiger charge is -2.23. The van der Waals surface area contributed by atoms with Crippen molar-refractivity contribution in [3.8, 4) is 11.5 Å². The predicted molar refractivity (Wildman–Crippen MR) is 185 cm³/mol. The number of Topliss-reactive ketones (excluding diaryl/α,β-unsaturated/α-hetero) is 1. The number of amides is 1. The van der Waals surface area contributed by atoms with Crippen LogP contribution in [-0.4, -0.2) is 39.7 Å². The van der Waals surface area contributed by atoms with Crippen molar-refractivity contribution in [3.05, 3.63) is 113 Å². The number of hydrogen-bond donors (Lipinski definition) is 1. The molecule has 1 fully saturated rings. The smallest absolute Gasteiger partial charge is 0.301 e. The second kappa shape index (κ2) is 13.2. The number of ether oxygens (including phenoxy) is 2. The highest BCUT2D eigenvalue weighted by molar-refractivity contribution is 8.00. The Bertz CT molecular complexity index is 2020. The number of carbonyl (C=O) groups excluding carboxylic acids is 2. The number of benzene rings is 4. The molecule has 1 aromatic heterocycles. The lowest BCUT2D eigenvalue weighted by Crippen LogP contribution is -2.29. The van der Waals surface area contributed by atoms with Gasteiger partial charge in [0.1, 0.15) is 23.4 Å². The highest BCUT2D eigenvalue weighted by Gasteiger charge is 2.48. The van der Waals surface area contributed by atoms with Gasteiger partial charge in [-0.05, 0) is 71.1 Å². The van der Waals surface area contributed by atoms with Crippen LogP contribution >= 0.6 is 23.1 Å². The van der Waals surface area contributed by atoms with Crippen LogP contribution < -0.4 is 14.4 Å². The van der Waals surface area contributed by atoms with E-state index in [1.54, 1.807) is 12.1 Å². The van der Waals surface area contributed by atoms with Crippen molar-refractivity contribution in [1.29, 1.82) is 0 Å². The molecule has 1 N–H and O–H groups in total. The van der Waals surface area contributed by atoms with Crippen LogP contribution in [0.2, 0.25) is 0 Å². The van der Waals surface area contributed by atoms with Crippen LogP contribution in [0.1, 0.15) is 55.0 Å². The van der Waals surface area contributed by atoms with Crippen LogP contribution in [0.4, 0.5) is 5.13 Å². The van der Waals surface area contributed by atoms with Crippen LogP contribution in [0.25, 0.3) is 16.5 Å². The number of nitrogens with zero attached hydrogens (tertiary/aromatic N) is 3. The van der Waals surface area contributed by atoms with Gasteiger partial charge in [-0.1, -0.05) is 91.0 Å². The zero-order valence-electron chi connectivity index (χ0n) is 26.0. The molecule has 7 rings (SSSR count). The molecule has 2 atom stereocenters. The van der Waals surface area contributed by atoms with Crippen molar-refractivity contribution in [2.75, 3.05) is 11.5 Å². The number of rotatable bonds is 10. The van der Waals surface area contributed by atoms with E-state index in [9.17, 15) is 14.7 Å². The molecule has 10 heteroatoms. The van der Waals surface area contributed by atoms with Gasteiger partial charge in [0.15, 0.2) is 4.34 Å². The largest absolute Gasteiger partial charge is 0.507 e. The molecule has 3 heterocycles. The van der Waals surface area contributed by atoms with Gasteiger partial charge in [-0.25, -0.2) is 0 Å². The summed E-state index contributed by atoms with van der Waals surface area (Å²) < 4.78 is 12.5. The van der Waals surface area contributed by atoms with Gasteiger partial charge in [0, 0.05) is 17.7 Å². The fraction of sp³-hybridized carbons (Fsp3) is 0.243. The Morgan fingerprint density at radius 1 is 1.04 bits per heavy atom. The summed E-state index contributed by atoms with van der Waals surface area (Å²) in [5.74, 6) is 0.240. The number of hydrogen-bond acceptors (Lipinski definition) is 9. The molecule has 8 nitrogen and oxygen atoms in total. The fourth-order valence-electron chi connectivity index (χ4n) is 6.09. The highest BCUT2D eigenvalue weighted by atomic mass is 32.2. The summed E-state index contributed by atoms with van der Waals surface area (Å²) in [5.41, 5.74) is 3.17. The molecule has 0 saturated carbocycles. The van der Waals surface area contributed by atoms with Crippen molar-refractivity contribution in [2.24, 2.45) is 0 Å². The SMILES string of the molecule is CCCCOc1cccc([C@@H]2/C(=C(\O)c3ccc4c(c3)C[C@@H](C)O4)C(=O)C(=O)N2c2nnc(SCc3cccc4ccccc34)s2)c1. The molecule has 0 unspecified atom stereocenters. The van der Waals surface area contributed by atoms with Crippen LogP contribution in [0, 0.1) is 0 Å². The Labute approximate surface area is 281 Å². The molecule has 2 aliphatic heterocycles. The number of carbonyl (C=O) groups is 2. The number of thioether (sulfide) groups is 1. The number of unbranched alkanes of at least 4 members (excludes halogenated alkanes) is 1. The third-order valence-corrected chi connectivity index (χ3v) is 10.5. The van der Waals surface area contributed by atoms with Gasteiger partial charge in [0.25, 0.3) is 5.78 Å². The molecular formula is C37H33N3O5S2. The topological polar surface area (TPSA) is 102 Å². The molecule has 4 aromatic carbocycles. The van der Waals surface area contributed by atoms with Gasteiger partial charge >= 0.3 is 5.91 Å². The second-order valence-corrected chi connectivity index (χ2v) is 13.9. The Morgan fingerprint density at radius 3 is 2.74 bits per heavy atom. The highest BCUT2D eigenvalue weighted by Crippen LogP contribution is 2.45. The monoisotopic (exact) mass is 663 g/mol. The first-order valence-electron chi connectivity index (χ1n) is 15.7. The maximum Gasteiger partial charge on any atom is 0.301 e. The Hall–Kier alpha value is -4.67. The van der Waals surface area contributed by atoms with Gasteiger partial charge in [-0.15, -0.1) is 10.2 Å². The van der Waals surface area contributed by atoms with E-state index in [-0.39, 0.29) is 22.6 Å². The molecule has 0 bridgehead atoms. The number of aromatic nitrogens is 2. The standard InChI is InChI=1S/C37H33N3O5S2/c1-3-4-17-44-28-13-8-11-24(20-28)32-31(33(41)25-15-16-30-27(19-25)18-22(2)45-30)34(42)35(43)40(32)36-38-39-37(47-36)46-21-26-12-7-10-23-9-5-6-14-29(23)26/h5-16,19-20,22,32,41H,3-4,17-18,21H2,1-2H3/b33-31+/t22-,32-/m1/s1. The lowest BCUT2D eigenvalue weighted by molar-refractivity contribution is -0.132. The second-order valence-electron chi connectivity index (χ2n) is 11.7. The lowest BCUT2D eigenvalue weighted by atomic mass is 9.94. The van der Waals surface area contributed by atoms with Gasteiger partial charge in [-0.3, -0.25) is 14.5 Å². The normalized spacial score (nSPS) is 18.5. The Balaban J connectivity index is 1.25. The molecule has 2 aliphatic rings. The van der Waals surface area contributed by atoms with E-state index in [2.05, 4.69) is 41.4 Å². The summed E-state index contributed by atoms with van der Waals surface area (Å²) in [6.45, 7) is 4.62. The molecule has 0 spiro atoms. The first-order chi connectivity index (χ1) is 22.9. The molecule has 0 aliphatic carbocycles. The van der Waals surface area contributed by atoms with E-state index in [4.69, 9.17) is 9.47 Å². The van der Waals surface area contributed by atoms with Crippen LogP contribution in [0.15, 0.2) is 94.8 Å². The summed E-state index contributed by atoms with van der Waals surface area (Å²) in [7, 11) is 0. The molecular weight excluding hydrogens is 631 g/mol. The third-order valence-electron chi connectivity index (χ3n) is 8.39. The molecule has 0 radical (unpaired) electrons. The predicted octanol–water partition coefficient (Wildman–Crippen LogP) is 8.11. The van der Waals surface area contributed by atoms with Gasteiger partial charge in [0.05, 0.1) is 18.2 Å².